The number of carbonyl (C=O) groups excluding carboxylic acids is 2. The van der Waals surface area contributed by atoms with Gasteiger partial charge in [-0.2, -0.15) is 0 Å². The Labute approximate surface area is 185 Å². The molecule has 31 heavy (non-hydrogen) atoms. The third-order valence-corrected chi connectivity index (χ3v) is 4.69. The van der Waals surface area contributed by atoms with Crippen molar-refractivity contribution in [2.45, 2.75) is 26.8 Å². The predicted molar refractivity (Wildman–Crippen MR) is 121 cm³/mol. The Morgan fingerprint density at radius 3 is 2.32 bits per heavy atom. The van der Waals surface area contributed by atoms with Crippen LogP contribution in [0.15, 0.2) is 60.7 Å². The number of hydrogen-bond donors (Lipinski definition) is 3. The van der Waals surface area contributed by atoms with E-state index in [1.807, 2.05) is 32.0 Å². The van der Waals surface area contributed by atoms with Crippen molar-refractivity contribution in [2.75, 3.05) is 5.32 Å². The second-order valence-electron chi connectivity index (χ2n) is 7.33. The van der Waals surface area contributed by atoms with Crippen LogP contribution >= 0.6 is 11.6 Å². The zero-order chi connectivity index (χ0) is 22.5. The number of phenolic OH excluding ortho intramolecular Hbond substituents is 1. The molecule has 0 spiro atoms. The molecular formula is C24H23ClN2O4. The molecule has 0 bridgehead atoms. The lowest BCUT2D eigenvalue weighted by Crippen LogP contribution is -2.31. The molecule has 0 atom stereocenters. The number of amides is 2. The Bertz CT molecular complexity index is 1090. The van der Waals surface area contributed by atoms with Crippen LogP contribution in [0.1, 0.15) is 40.1 Å². The second kappa shape index (κ2) is 9.53. The summed E-state index contributed by atoms with van der Waals surface area (Å²) < 4.78 is 5.83. The van der Waals surface area contributed by atoms with Crippen LogP contribution < -0.4 is 15.4 Å². The van der Waals surface area contributed by atoms with E-state index in [2.05, 4.69) is 10.6 Å². The molecule has 0 fully saturated rings. The maximum atomic E-state index is 12.8. The largest absolute Gasteiger partial charge is 0.506 e. The topological polar surface area (TPSA) is 87.7 Å². The van der Waals surface area contributed by atoms with Crippen LogP contribution in [-0.2, 0) is 0 Å². The van der Waals surface area contributed by atoms with E-state index in [0.717, 1.165) is 0 Å². The van der Waals surface area contributed by atoms with Crippen LogP contribution in [-0.4, -0.2) is 23.0 Å². The van der Waals surface area contributed by atoms with Crippen molar-refractivity contribution in [1.29, 1.82) is 0 Å². The highest BCUT2D eigenvalue weighted by Crippen LogP contribution is 2.30. The summed E-state index contributed by atoms with van der Waals surface area (Å²) in [5.41, 5.74) is 1.32. The molecule has 0 unspecified atom stereocenters. The average Bonchev–Trinajstić information content (AvgIpc) is 2.72. The van der Waals surface area contributed by atoms with E-state index in [0.29, 0.717) is 22.7 Å². The number of carbonyl (C=O) groups is 2. The number of rotatable bonds is 6. The van der Waals surface area contributed by atoms with Gasteiger partial charge in [0.2, 0.25) is 0 Å². The first-order valence-electron chi connectivity index (χ1n) is 9.73. The fourth-order valence-corrected chi connectivity index (χ4v) is 3.18. The average molecular weight is 439 g/mol. The van der Waals surface area contributed by atoms with Gasteiger partial charge in [-0.15, -0.1) is 0 Å². The van der Waals surface area contributed by atoms with Gasteiger partial charge in [0.15, 0.2) is 0 Å². The van der Waals surface area contributed by atoms with Crippen molar-refractivity contribution in [3.05, 3.63) is 82.4 Å². The van der Waals surface area contributed by atoms with E-state index < -0.39 is 5.91 Å². The van der Waals surface area contributed by atoms with Crippen LogP contribution in [0, 0.1) is 6.92 Å². The Morgan fingerprint density at radius 2 is 1.68 bits per heavy atom. The molecule has 0 saturated heterocycles. The molecule has 0 aliphatic heterocycles. The van der Waals surface area contributed by atoms with Gasteiger partial charge in [0.05, 0.1) is 16.3 Å². The third kappa shape index (κ3) is 5.55. The molecule has 3 aromatic rings. The van der Waals surface area contributed by atoms with Gasteiger partial charge in [-0.05, 0) is 68.8 Å². The summed E-state index contributed by atoms with van der Waals surface area (Å²) in [7, 11) is 0. The van der Waals surface area contributed by atoms with Gasteiger partial charge in [0.25, 0.3) is 11.8 Å². The highest BCUT2D eigenvalue weighted by Gasteiger charge is 2.18. The van der Waals surface area contributed by atoms with Gasteiger partial charge < -0.3 is 20.5 Å². The SMILES string of the molecule is Cc1cc(C(=O)Nc2ccc(Oc3ccccc3)cc2C(=O)NC(C)C)cc(Cl)c1O. The number of aromatic hydroxyl groups is 1. The molecule has 3 aromatic carbocycles. The van der Waals surface area contributed by atoms with Gasteiger partial charge >= 0.3 is 0 Å². The lowest BCUT2D eigenvalue weighted by molar-refractivity contribution is 0.0943. The fourth-order valence-electron chi connectivity index (χ4n) is 2.91. The molecule has 7 heteroatoms. The zero-order valence-electron chi connectivity index (χ0n) is 17.4. The summed E-state index contributed by atoms with van der Waals surface area (Å²) in [6, 6.07) is 16.9. The van der Waals surface area contributed by atoms with Gasteiger partial charge in [0, 0.05) is 11.6 Å². The molecule has 3 rings (SSSR count). The molecule has 0 aromatic heterocycles. The molecule has 0 saturated carbocycles. The summed E-state index contributed by atoms with van der Waals surface area (Å²) in [6.45, 7) is 5.35. The van der Waals surface area contributed by atoms with Gasteiger partial charge in [-0.1, -0.05) is 29.8 Å². The highest BCUT2D eigenvalue weighted by molar-refractivity contribution is 6.32. The van der Waals surface area contributed by atoms with Crippen LogP contribution in [0.4, 0.5) is 5.69 Å². The molecule has 0 heterocycles. The van der Waals surface area contributed by atoms with E-state index in [4.69, 9.17) is 16.3 Å². The first kappa shape index (κ1) is 22.2. The molecule has 6 nitrogen and oxygen atoms in total. The normalized spacial score (nSPS) is 10.6. The molecule has 0 aliphatic rings. The molecular weight excluding hydrogens is 416 g/mol. The van der Waals surface area contributed by atoms with Crippen molar-refractivity contribution < 1.29 is 19.4 Å². The first-order chi connectivity index (χ1) is 14.7. The first-order valence-corrected chi connectivity index (χ1v) is 10.1. The van der Waals surface area contributed by atoms with E-state index in [-0.39, 0.29) is 33.8 Å². The number of hydrogen-bond acceptors (Lipinski definition) is 4. The quantitative estimate of drug-likeness (QED) is 0.471. The summed E-state index contributed by atoms with van der Waals surface area (Å²) in [6.07, 6.45) is 0. The van der Waals surface area contributed by atoms with Gasteiger partial charge in [-0.25, -0.2) is 0 Å². The smallest absolute Gasteiger partial charge is 0.255 e. The molecule has 160 valence electrons. The van der Waals surface area contributed by atoms with Crippen molar-refractivity contribution in [1.82, 2.24) is 5.32 Å². The molecule has 0 radical (unpaired) electrons. The molecule has 2 amide bonds. The van der Waals surface area contributed by atoms with Crippen molar-refractivity contribution >= 4 is 29.1 Å². The summed E-state index contributed by atoms with van der Waals surface area (Å²) in [5.74, 6) is 0.215. The van der Waals surface area contributed by atoms with Crippen molar-refractivity contribution in [2.24, 2.45) is 0 Å². The van der Waals surface area contributed by atoms with Gasteiger partial charge in [0.1, 0.15) is 17.2 Å². The number of halogens is 1. The van der Waals surface area contributed by atoms with E-state index >= 15 is 0 Å². The number of anilines is 1. The Kier molecular flexibility index (Phi) is 6.82. The van der Waals surface area contributed by atoms with Crippen LogP contribution in [0.2, 0.25) is 5.02 Å². The maximum Gasteiger partial charge on any atom is 0.255 e. The monoisotopic (exact) mass is 438 g/mol. The van der Waals surface area contributed by atoms with Crippen molar-refractivity contribution in [3.8, 4) is 17.2 Å². The number of phenols is 1. The predicted octanol–water partition coefficient (Wildman–Crippen LogP) is 5.54. The Morgan fingerprint density at radius 1 is 0.968 bits per heavy atom. The minimum atomic E-state index is -0.458. The lowest BCUT2D eigenvalue weighted by Gasteiger charge is -2.15. The zero-order valence-corrected chi connectivity index (χ0v) is 18.2. The minimum Gasteiger partial charge on any atom is -0.506 e. The Balaban J connectivity index is 1.92. The number of ether oxygens (including phenoxy) is 1. The van der Waals surface area contributed by atoms with E-state index in [1.54, 1.807) is 37.3 Å². The number of para-hydroxylation sites is 1. The lowest BCUT2D eigenvalue weighted by atomic mass is 10.1. The minimum absolute atomic E-state index is 0.0716. The highest BCUT2D eigenvalue weighted by atomic mass is 35.5. The van der Waals surface area contributed by atoms with Crippen LogP contribution in [0.25, 0.3) is 0 Å². The standard InChI is InChI=1S/C24H23ClN2O4/c1-14(2)26-24(30)19-13-18(31-17-7-5-4-6-8-17)9-10-21(19)27-23(29)16-11-15(3)22(28)20(25)12-16/h4-14,28H,1-3H3,(H,26,30)(H,27,29). The van der Waals surface area contributed by atoms with Crippen LogP contribution in [0.5, 0.6) is 17.2 Å². The molecule has 0 aliphatic carbocycles. The summed E-state index contributed by atoms with van der Waals surface area (Å²) in [4.78, 5) is 25.6. The summed E-state index contributed by atoms with van der Waals surface area (Å²) in [5, 5.41) is 15.5. The molecule has 3 N–H and O–H groups in total. The van der Waals surface area contributed by atoms with E-state index in [1.165, 1.54) is 12.1 Å². The number of benzene rings is 3. The third-order valence-electron chi connectivity index (χ3n) is 4.40. The second-order valence-corrected chi connectivity index (χ2v) is 7.74. The van der Waals surface area contributed by atoms with E-state index in [9.17, 15) is 14.7 Å². The van der Waals surface area contributed by atoms with Gasteiger partial charge in [-0.3, -0.25) is 9.59 Å². The van der Waals surface area contributed by atoms with Crippen LogP contribution in [0.3, 0.4) is 0 Å². The number of nitrogens with one attached hydrogen (secondary N) is 2. The summed E-state index contributed by atoms with van der Waals surface area (Å²) >= 11 is 5.99. The maximum absolute atomic E-state index is 12.8. The number of aryl methyl sites for hydroxylation is 1. The Hall–Kier alpha value is -3.51. The fraction of sp³-hybridized carbons (Fsp3) is 0.167. The van der Waals surface area contributed by atoms with Crippen molar-refractivity contribution in [3.63, 3.8) is 0 Å².